The monoisotopic (exact) mass is 349 g/mol. The number of halogens is 1. The van der Waals surface area contributed by atoms with Gasteiger partial charge in [0.25, 0.3) is 5.91 Å². The summed E-state index contributed by atoms with van der Waals surface area (Å²) in [6, 6.07) is 16.4. The highest BCUT2D eigenvalue weighted by molar-refractivity contribution is 6.05. The van der Waals surface area contributed by atoms with Gasteiger partial charge in [0, 0.05) is 49.9 Å². The number of benzene rings is 2. The van der Waals surface area contributed by atoms with Crippen LogP contribution < -0.4 is 0 Å². The van der Waals surface area contributed by atoms with Crippen molar-refractivity contribution in [3.05, 3.63) is 77.7 Å². The van der Waals surface area contributed by atoms with Gasteiger partial charge in [-0.15, -0.1) is 0 Å². The van der Waals surface area contributed by atoms with Crippen LogP contribution in [0.25, 0.3) is 10.9 Å². The molecule has 2 aromatic carbocycles. The lowest BCUT2D eigenvalue weighted by Gasteiger charge is -2.35. The second kappa shape index (κ2) is 7.22. The van der Waals surface area contributed by atoms with E-state index in [1.54, 1.807) is 12.3 Å². The first kappa shape index (κ1) is 16.7. The summed E-state index contributed by atoms with van der Waals surface area (Å²) in [6.07, 6.45) is 1.71. The minimum absolute atomic E-state index is 0.0137. The number of fused-ring (bicyclic) bond motifs is 1. The Labute approximate surface area is 151 Å². The SMILES string of the molecule is O=C(c1cccc2cccnc12)N1CCN(Cc2ccccc2F)CC1. The Balaban J connectivity index is 1.44. The predicted molar refractivity (Wildman–Crippen MR) is 99.3 cm³/mol. The summed E-state index contributed by atoms with van der Waals surface area (Å²) < 4.78 is 13.8. The molecule has 0 N–H and O–H groups in total. The maximum Gasteiger partial charge on any atom is 0.256 e. The van der Waals surface area contributed by atoms with Gasteiger partial charge < -0.3 is 4.90 Å². The zero-order chi connectivity index (χ0) is 17.9. The van der Waals surface area contributed by atoms with E-state index in [1.165, 1.54) is 6.07 Å². The van der Waals surface area contributed by atoms with Gasteiger partial charge in [0.15, 0.2) is 0 Å². The van der Waals surface area contributed by atoms with Crippen LogP contribution in [0.15, 0.2) is 60.8 Å². The van der Waals surface area contributed by atoms with Crippen LogP contribution in [0.1, 0.15) is 15.9 Å². The van der Waals surface area contributed by atoms with Crippen LogP contribution >= 0.6 is 0 Å². The van der Waals surface area contributed by atoms with Crippen molar-refractivity contribution in [1.82, 2.24) is 14.8 Å². The van der Waals surface area contributed by atoms with Gasteiger partial charge in [-0.25, -0.2) is 4.39 Å². The molecule has 4 rings (SSSR count). The fraction of sp³-hybridized carbons (Fsp3) is 0.238. The van der Waals surface area contributed by atoms with Crippen molar-refractivity contribution in [2.45, 2.75) is 6.54 Å². The van der Waals surface area contributed by atoms with Crippen LogP contribution in [0, 0.1) is 5.82 Å². The van der Waals surface area contributed by atoms with Crippen molar-refractivity contribution in [3.63, 3.8) is 0 Å². The van der Waals surface area contributed by atoms with Crippen molar-refractivity contribution in [2.75, 3.05) is 26.2 Å². The third-order valence-corrected chi connectivity index (χ3v) is 4.87. The number of piperazine rings is 1. The number of pyridine rings is 1. The Hall–Kier alpha value is -2.79. The van der Waals surface area contributed by atoms with Gasteiger partial charge in [-0.05, 0) is 18.2 Å². The molecule has 1 fully saturated rings. The van der Waals surface area contributed by atoms with Gasteiger partial charge in [-0.3, -0.25) is 14.7 Å². The number of para-hydroxylation sites is 1. The van der Waals surface area contributed by atoms with Gasteiger partial charge in [-0.1, -0.05) is 36.4 Å². The number of carbonyl (C=O) groups excluding carboxylic acids is 1. The first-order valence-electron chi connectivity index (χ1n) is 8.81. The standard InChI is InChI=1S/C21H20FN3O/c22-19-9-2-1-5-17(19)15-24-11-13-25(14-12-24)21(26)18-8-3-6-16-7-4-10-23-20(16)18/h1-10H,11-15H2. The van der Waals surface area contributed by atoms with E-state index in [-0.39, 0.29) is 11.7 Å². The molecule has 26 heavy (non-hydrogen) atoms. The Morgan fingerprint density at radius 1 is 0.962 bits per heavy atom. The minimum atomic E-state index is -0.173. The number of rotatable bonds is 3. The summed E-state index contributed by atoms with van der Waals surface area (Å²) in [4.78, 5) is 21.4. The van der Waals surface area contributed by atoms with Crippen LogP contribution in [0.4, 0.5) is 4.39 Å². The molecule has 0 saturated carbocycles. The third-order valence-electron chi connectivity index (χ3n) is 4.87. The summed E-state index contributed by atoms with van der Waals surface area (Å²) in [6.45, 7) is 3.31. The van der Waals surface area contributed by atoms with E-state index in [2.05, 4.69) is 9.88 Å². The molecule has 0 radical (unpaired) electrons. The molecule has 0 spiro atoms. The largest absolute Gasteiger partial charge is 0.336 e. The van der Waals surface area contributed by atoms with E-state index in [1.807, 2.05) is 47.4 Å². The maximum absolute atomic E-state index is 13.8. The molecular weight excluding hydrogens is 329 g/mol. The van der Waals surface area contributed by atoms with Crippen LogP contribution in [0.3, 0.4) is 0 Å². The molecule has 0 unspecified atom stereocenters. The number of aromatic nitrogens is 1. The van der Waals surface area contributed by atoms with Crippen LogP contribution in [-0.2, 0) is 6.54 Å². The van der Waals surface area contributed by atoms with E-state index >= 15 is 0 Å². The molecule has 0 aliphatic carbocycles. The molecule has 0 atom stereocenters. The van der Waals surface area contributed by atoms with Crippen molar-refractivity contribution in [3.8, 4) is 0 Å². The molecular formula is C21H20FN3O. The molecule has 4 nitrogen and oxygen atoms in total. The molecule has 0 bridgehead atoms. The van der Waals surface area contributed by atoms with E-state index in [0.29, 0.717) is 30.8 Å². The molecule has 1 aliphatic heterocycles. The second-order valence-electron chi connectivity index (χ2n) is 6.54. The van der Waals surface area contributed by atoms with E-state index in [0.717, 1.165) is 24.0 Å². The second-order valence-corrected chi connectivity index (χ2v) is 6.54. The third kappa shape index (κ3) is 3.30. The number of hydrogen-bond acceptors (Lipinski definition) is 3. The van der Waals surface area contributed by atoms with Gasteiger partial charge in [-0.2, -0.15) is 0 Å². The van der Waals surface area contributed by atoms with Crippen LogP contribution in [-0.4, -0.2) is 46.9 Å². The highest BCUT2D eigenvalue weighted by Crippen LogP contribution is 2.19. The molecule has 5 heteroatoms. The predicted octanol–water partition coefficient (Wildman–Crippen LogP) is 3.33. The average Bonchev–Trinajstić information content (AvgIpc) is 2.69. The normalized spacial score (nSPS) is 15.3. The van der Waals surface area contributed by atoms with Crippen molar-refractivity contribution < 1.29 is 9.18 Å². The number of hydrogen-bond donors (Lipinski definition) is 0. The zero-order valence-electron chi connectivity index (χ0n) is 14.4. The first-order chi connectivity index (χ1) is 12.7. The molecule has 2 heterocycles. The summed E-state index contributed by atoms with van der Waals surface area (Å²) in [5.41, 5.74) is 2.09. The van der Waals surface area contributed by atoms with E-state index in [4.69, 9.17) is 0 Å². The van der Waals surface area contributed by atoms with Crippen molar-refractivity contribution in [2.24, 2.45) is 0 Å². The quantitative estimate of drug-likeness (QED) is 0.728. The number of nitrogens with zero attached hydrogens (tertiary/aromatic N) is 3. The van der Waals surface area contributed by atoms with E-state index in [9.17, 15) is 9.18 Å². The number of amides is 1. The summed E-state index contributed by atoms with van der Waals surface area (Å²) in [5.74, 6) is -0.160. The molecule has 1 aromatic heterocycles. The van der Waals surface area contributed by atoms with Gasteiger partial charge in [0.1, 0.15) is 5.82 Å². The van der Waals surface area contributed by atoms with Crippen molar-refractivity contribution in [1.29, 1.82) is 0 Å². The molecule has 1 amide bonds. The lowest BCUT2D eigenvalue weighted by Crippen LogP contribution is -2.48. The Bertz CT molecular complexity index is 930. The van der Waals surface area contributed by atoms with Crippen molar-refractivity contribution >= 4 is 16.8 Å². The van der Waals surface area contributed by atoms with Gasteiger partial charge in [0.2, 0.25) is 0 Å². The minimum Gasteiger partial charge on any atom is -0.336 e. The summed E-state index contributed by atoms with van der Waals surface area (Å²) >= 11 is 0. The fourth-order valence-corrected chi connectivity index (χ4v) is 3.42. The fourth-order valence-electron chi connectivity index (χ4n) is 3.42. The molecule has 1 aliphatic rings. The van der Waals surface area contributed by atoms with Crippen LogP contribution in [0.5, 0.6) is 0 Å². The highest BCUT2D eigenvalue weighted by Gasteiger charge is 2.24. The highest BCUT2D eigenvalue weighted by atomic mass is 19.1. The molecule has 132 valence electrons. The zero-order valence-corrected chi connectivity index (χ0v) is 14.4. The Kier molecular flexibility index (Phi) is 4.63. The Morgan fingerprint density at radius 2 is 1.73 bits per heavy atom. The van der Waals surface area contributed by atoms with Gasteiger partial charge >= 0.3 is 0 Å². The van der Waals surface area contributed by atoms with E-state index < -0.39 is 0 Å². The van der Waals surface area contributed by atoms with Crippen LogP contribution in [0.2, 0.25) is 0 Å². The smallest absolute Gasteiger partial charge is 0.256 e. The topological polar surface area (TPSA) is 36.4 Å². The maximum atomic E-state index is 13.8. The lowest BCUT2D eigenvalue weighted by molar-refractivity contribution is 0.0629. The molecule has 1 saturated heterocycles. The lowest BCUT2D eigenvalue weighted by atomic mass is 10.1. The summed E-state index contributed by atoms with van der Waals surface area (Å²) in [5, 5.41) is 0.969. The summed E-state index contributed by atoms with van der Waals surface area (Å²) in [7, 11) is 0. The Morgan fingerprint density at radius 3 is 2.54 bits per heavy atom. The van der Waals surface area contributed by atoms with Gasteiger partial charge in [0.05, 0.1) is 11.1 Å². The number of carbonyl (C=O) groups is 1. The first-order valence-corrected chi connectivity index (χ1v) is 8.81. The average molecular weight is 349 g/mol. The molecule has 3 aromatic rings.